The van der Waals surface area contributed by atoms with Crippen LogP contribution in [0.15, 0.2) is 29.3 Å². The van der Waals surface area contributed by atoms with Crippen LogP contribution in [0.2, 0.25) is 0 Å². The summed E-state index contributed by atoms with van der Waals surface area (Å²) < 4.78 is 5.47. The molecular formula is C19H30N4O4. The van der Waals surface area contributed by atoms with E-state index in [-0.39, 0.29) is 18.8 Å². The topological polar surface area (TPSA) is 109 Å². The zero-order chi connectivity index (χ0) is 19.6. The molecule has 1 aromatic carbocycles. The third-order valence-electron chi connectivity index (χ3n) is 4.65. The van der Waals surface area contributed by atoms with Crippen molar-refractivity contribution in [3.8, 4) is 5.75 Å². The van der Waals surface area contributed by atoms with E-state index in [4.69, 9.17) is 4.74 Å². The highest BCUT2D eigenvalue weighted by Crippen LogP contribution is 2.23. The molecule has 1 fully saturated rings. The van der Waals surface area contributed by atoms with E-state index in [9.17, 15) is 15.2 Å². The van der Waals surface area contributed by atoms with Gasteiger partial charge in [-0.2, -0.15) is 0 Å². The number of nitro benzene ring substituents is 1. The molecule has 0 bridgehead atoms. The van der Waals surface area contributed by atoms with Crippen LogP contribution in [0.4, 0.5) is 5.69 Å². The molecule has 0 aromatic heterocycles. The van der Waals surface area contributed by atoms with E-state index in [1.165, 1.54) is 37.1 Å². The van der Waals surface area contributed by atoms with Crippen LogP contribution in [-0.4, -0.2) is 47.8 Å². The molecule has 1 unspecified atom stereocenters. The van der Waals surface area contributed by atoms with Crippen molar-refractivity contribution in [2.24, 2.45) is 10.9 Å². The van der Waals surface area contributed by atoms with Crippen molar-refractivity contribution in [3.63, 3.8) is 0 Å². The van der Waals surface area contributed by atoms with E-state index >= 15 is 0 Å². The van der Waals surface area contributed by atoms with Gasteiger partial charge in [-0.15, -0.1) is 0 Å². The van der Waals surface area contributed by atoms with E-state index in [2.05, 4.69) is 22.5 Å². The number of ether oxygens (including phenoxy) is 1. The summed E-state index contributed by atoms with van der Waals surface area (Å²) in [7, 11) is 0. The highest BCUT2D eigenvalue weighted by molar-refractivity contribution is 5.80. The Morgan fingerprint density at radius 2 is 2.00 bits per heavy atom. The third-order valence-corrected chi connectivity index (χ3v) is 4.65. The Bertz CT molecular complexity index is 613. The summed E-state index contributed by atoms with van der Waals surface area (Å²) in [5.74, 6) is 1.98. The number of nitrogens with zero attached hydrogens (tertiary/aromatic N) is 2. The van der Waals surface area contributed by atoms with Crippen molar-refractivity contribution < 1.29 is 14.8 Å². The quantitative estimate of drug-likeness (QED) is 0.277. The third kappa shape index (κ3) is 7.42. The summed E-state index contributed by atoms with van der Waals surface area (Å²) in [6, 6.07) is 6.21. The predicted molar refractivity (Wildman–Crippen MR) is 105 cm³/mol. The Kier molecular flexibility index (Phi) is 8.32. The van der Waals surface area contributed by atoms with Crippen molar-refractivity contribution >= 4 is 11.6 Å². The van der Waals surface area contributed by atoms with E-state index < -0.39 is 11.0 Å². The maximum absolute atomic E-state index is 10.6. The van der Waals surface area contributed by atoms with E-state index in [0.29, 0.717) is 17.8 Å². The fraction of sp³-hybridized carbons (Fsp3) is 0.632. The van der Waals surface area contributed by atoms with Crippen LogP contribution >= 0.6 is 0 Å². The second-order valence-electron chi connectivity index (χ2n) is 7.04. The number of aliphatic imine (C=N–C) groups is 1. The average Bonchev–Trinajstić information content (AvgIpc) is 2.66. The van der Waals surface area contributed by atoms with Gasteiger partial charge in [-0.1, -0.05) is 6.92 Å². The Morgan fingerprint density at radius 3 is 2.59 bits per heavy atom. The lowest BCUT2D eigenvalue weighted by atomic mass is 9.87. The molecule has 0 aliphatic heterocycles. The maximum Gasteiger partial charge on any atom is 0.269 e. The molecule has 1 aromatic rings. The fourth-order valence-electron chi connectivity index (χ4n) is 3.02. The molecule has 1 aliphatic carbocycles. The molecule has 0 amide bonds. The minimum atomic E-state index is -0.762. The van der Waals surface area contributed by atoms with Gasteiger partial charge in [0.2, 0.25) is 0 Å². The Morgan fingerprint density at radius 1 is 1.33 bits per heavy atom. The number of non-ortho nitro benzene ring substituents is 1. The standard InChI is InChI=1S/C19H30N4O4/c1-3-20-19(22-15-6-4-14(2)5-7-15)21-12-17(24)13-27-18-10-8-16(9-11-18)23(25)26/h8-11,14-15,17,24H,3-7,12-13H2,1-2H3,(H2,20,21,22). The van der Waals surface area contributed by atoms with Gasteiger partial charge < -0.3 is 20.5 Å². The van der Waals surface area contributed by atoms with Gasteiger partial charge in [0.15, 0.2) is 5.96 Å². The fourth-order valence-corrected chi connectivity index (χ4v) is 3.02. The van der Waals surface area contributed by atoms with E-state index in [1.807, 2.05) is 6.92 Å². The molecule has 8 nitrogen and oxygen atoms in total. The Balaban J connectivity index is 1.79. The molecule has 1 aliphatic rings. The number of aliphatic hydroxyl groups excluding tert-OH is 1. The monoisotopic (exact) mass is 378 g/mol. The van der Waals surface area contributed by atoms with Crippen LogP contribution in [0.3, 0.4) is 0 Å². The zero-order valence-corrected chi connectivity index (χ0v) is 16.1. The second-order valence-corrected chi connectivity index (χ2v) is 7.04. The lowest BCUT2D eigenvalue weighted by Gasteiger charge is -2.28. The van der Waals surface area contributed by atoms with Gasteiger partial charge in [0.25, 0.3) is 5.69 Å². The summed E-state index contributed by atoms with van der Waals surface area (Å²) in [6.45, 7) is 5.34. The normalized spacial score (nSPS) is 21.4. The highest BCUT2D eigenvalue weighted by Gasteiger charge is 2.19. The number of nitro groups is 1. The van der Waals surface area contributed by atoms with Crippen molar-refractivity contribution in [2.45, 2.75) is 51.7 Å². The van der Waals surface area contributed by atoms with Crippen molar-refractivity contribution in [3.05, 3.63) is 34.4 Å². The number of guanidine groups is 1. The minimum Gasteiger partial charge on any atom is -0.491 e. The highest BCUT2D eigenvalue weighted by atomic mass is 16.6. The van der Waals surface area contributed by atoms with Crippen molar-refractivity contribution in [1.29, 1.82) is 0 Å². The van der Waals surface area contributed by atoms with Gasteiger partial charge in [0, 0.05) is 24.7 Å². The van der Waals surface area contributed by atoms with E-state index in [0.717, 1.165) is 25.3 Å². The molecule has 0 radical (unpaired) electrons. The van der Waals surface area contributed by atoms with Gasteiger partial charge in [-0.05, 0) is 50.7 Å². The first-order chi connectivity index (χ1) is 13.0. The first kappa shape index (κ1) is 21.0. The smallest absolute Gasteiger partial charge is 0.269 e. The average molecular weight is 378 g/mol. The predicted octanol–water partition coefficient (Wildman–Crippen LogP) is 2.47. The zero-order valence-electron chi connectivity index (χ0n) is 16.1. The van der Waals surface area contributed by atoms with Crippen molar-refractivity contribution in [1.82, 2.24) is 10.6 Å². The van der Waals surface area contributed by atoms with Crippen LogP contribution in [-0.2, 0) is 0 Å². The van der Waals surface area contributed by atoms with Gasteiger partial charge in [-0.3, -0.25) is 15.1 Å². The molecular weight excluding hydrogens is 348 g/mol. The Labute approximate surface area is 160 Å². The number of rotatable bonds is 8. The van der Waals surface area contributed by atoms with Gasteiger partial charge >= 0.3 is 0 Å². The molecule has 27 heavy (non-hydrogen) atoms. The van der Waals surface area contributed by atoms with Crippen molar-refractivity contribution in [2.75, 3.05) is 19.7 Å². The van der Waals surface area contributed by atoms with Crippen LogP contribution in [0.25, 0.3) is 0 Å². The summed E-state index contributed by atoms with van der Waals surface area (Å²) in [5, 5.41) is 27.4. The molecule has 3 N–H and O–H groups in total. The lowest BCUT2D eigenvalue weighted by Crippen LogP contribution is -2.45. The first-order valence-corrected chi connectivity index (χ1v) is 9.58. The number of hydrogen-bond acceptors (Lipinski definition) is 5. The van der Waals surface area contributed by atoms with Crippen LogP contribution in [0.5, 0.6) is 5.75 Å². The largest absolute Gasteiger partial charge is 0.491 e. The second kappa shape index (κ2) is 10.7. The number of aliphatic hydroxyl groups is 1. The SMILES string of the molecule is CCNC(=NCC(O)COc1ccc([N+](=O)[O-])cc1)NC1CCC(C)CC1. The first-order valence-electron chi connectivity index (χ1n) is 9.58. The Hall–Kier alpha value is -2.35. The molecule has 2 rings (SSSR count). The number of hydrogen-bond donors (Lipinski definition) is 3. The van der Waals surface area contributed by atoms with Gasteiger partial charge in [-0.25, -0.2) is 0 Å². The maximum atomic E-state index is 10.6. The van der Waals surface area contributed by atoms with E-state index in [1.54, 1.807) is 0 Å². The minimum absolute atomic E-state index is 0.00552. The van der Waals surface area contributed by atoms with Crippen LogP contribution in [0, 0.1) is 16.0 Å². The van der Waals surface area contributed by atoms with Gasteiger partial charge in [0.05, 0.1) is 11.5 Å². The lowest BCUT2D eigenvalue weighted by molar-refractivity contribution is -0.384. The molecule has 150 valence electrons. The summed E-state index contributed by atoms with van der Waals surface area (Å²) in [6.07, 6.45) is 3.96. The summed E-state index contributed by atoms with van der Waals surface area (Å²) in [4.78, 5) is 14.6. The molecule has 1 atom stereocenters. The molecule has 0 heterocycles. The molecule has 0 spiro atoms. The van der Waals surface area contributed by atoms with Crippen LogP contribution < -0.4 is 15.4 Å². The summed E-state index contributed by atoms with van der Waals surface area (Å²) in [5.41, 5.74) is 0.00552. The van der Waals surface area contributed by atoms with Crippen LogP contribution in [0.1, 0.15) is 39.5 Å². The number of nitrogens with one attached hydrogen (secondary N) is 2. The molecule has 1 saturated carbocycles. The summed E-state index contributed by atoms with van der Waals surface area (Å²) >= 11 is 0. The number of benzene rings is 1. The molecule has 0 saturated heterocycles. The van der Waals surface area contributed by atoms with Gasteiger partial charge in [0.1, 0.15) is 18.5 Å². The molecule has 8 heteroatoms.